The van der Waals surface area contributed by atoms with Crippen molar-refractivity contribution in [3.05, 3.63) is 68.7 Å². The monoisotopic (exact) mass is 411 g/mol. The van der Waals surface area contributed by atoms with Crippen LogP contribution in [-0.4, -0.2) is 16.6 Å². The lowest BCUT2D eigenvalue weighted by atomic mass is 9.97. The van der Waals surface area contributed by atoms with Crippen LogP contribution in [0, 0.1) is 27.4 Å². The Balaban J connectivity index is 2.19. The van der Waals surface area contributed by atoms with Gasteiger partial charge < -0.3 is 5.32 Å². The van der Waals surface area contributed by atoms with Gasteiger partial charge in [-0.15, -0.1) is 0 Å². The third-order valence-corrected chi connectivity index (χ3v) is 3.86. The van der Waals surface area contributed by atoms with Gasteiger partial charge in [0.05, 0.1) is 16.6 Å². The summed E-state index contributed by atoms with van der Waals surface area (Å²) in [5, 5.41) is 21.8. The molecule has 0 bridgehead atoms. The molecule has 0 radical (unpaired) electrons. The number of carbonyl (C=O) groups is 2. The molecular formula is C17H9ClF3N3O4. The van der Waals surface area contributed by atoms with E-state index in [0.29, 0.717) is 12.1 Å². The summed E-state index contributed by atoms with van der Waals surface area (Å²) in [5.74, 6) is -3.90. The van der Waals surface area contributed by atoms with Gasteiger partial charge in [-0.3, -0.25) is 19.7 Å². The maximum atomic E-state index is 12.6. The van der Waals surface area contributed by atoms with E-state index in [1.165, 1.54) is 6.07 Å². The summed E-state index contributed by atoms with van der Waals surface area (Å²) in [7, 11) is 0. The molecule has 11 heteroatoms. The Morgan fingerprint density at radius 2 is 1.79 bits per heavy atom. The van der Waals surface area contributed by atoms with Crippen LogP contribution in [0.5, 0.6) is 0 Å². The molecule has 7 nitrogen and oxygen atoms in total. The summed E-state index contributed by atoms with van der Waals surface area (Å²) in [6.45, 7) is 0. The van der Waals surface area contributed by atoms with Crippen LogP contribution in [0.2, 0.25) is 5.02 Å². The van der Waals surface area contributed by atoms with Gasteiger partial charge in [0.1, 0.15) is 5.02 Å². The standard InChI is InChI=1S/C17H9ClF3N3O4/c18-13-7-11(5-6-14(13)24(27)28)23-16(26)12(8-22)15(25)9-1-3-10(4-2-9)17(19,20)21/h1-7,12H,(H,23,26). The zero-order chi connectivity index (χ0) is 21.1. The van der Waals surface area contributed by atoms with Gasteiger partial charge in [-0.2, -0.15) is 18.4 Å². The summed E-state index contributed by atoms with van der Waals surface area (Å²) in [4.78, 5) is 34.5. The first-order chi connectivity index (χ1) is 13.0. The molecule has 1 N–H and O–H groups in total. The van der Waals surface area contributed by atoms with Crippen molar-refractivity contribution in [1.82, 2.24) is 0 Å². The highest BCUT2D eigenvalue weighted by atomic mass is 35.5. The van der Waals surface area contributed by atoms with Crippen LogP contribution in [0.15, 0.2) is 42.5 Å². The molecule has 0 aromatic heterocycles. The molecule has 1 atom stereocenters. The maximum absolute atomic E-state index is 12.6. The number of Topliss-reactive ketones (excluding diaryl/α,β-unsaturated/α-hetero) is 1. The number of nitriles is 1. The number of nitrogens with one attached hydrogen (secondary N) is 1. The van der Waals surface area contributed by atoms with Gasteiger partial charge in [0.25, 0.3) is 5.69 Å². The van der Waals surface area contributed by atoms with Crippen molar-refractivity contribution in [3.63, 3.8) is 0 Å². The van der Waals surface area contributed by atoms with E-state index in [9.17, 15) is 32.9 Å². The molecule has 0 aliphatic carbocycles. The lowest BCUT2D eigenvalue weighted by Gasteiger charge is -2.11. The number of nitro groups is 1. The predicted molar refractivity (Wildman–Crippen MR) is 91.6 cm³/mol. The molecule has 0 heterocycles. The zero-order valence-corrected chi connectivity index (χ0v) is 14.4. The van der Waals surface area contributed by atoms with Crippen LogP contribution in [0.4, 0.5) is 24.5 Å². The number of alkyl halides is 3. The smallest absolute Gasteiger partial charge is 0.324 e. The fraction of sp³-hybridized carbons (Fsp3) is 0.118. The molecule has 0 fully saturated rings. The molecule has 144 valence electrons. The number of nitro benzene ring substituents is 1. The fourth-order valence-electron chi connectivity index (χ4n) is 2.17. The third-order valence-electron chi connectivity index (χ3n) is 3.56. The molecule has 0 spiro atoms. The molecule has 2 rings (SSSR count). The number of carbonyl (C=O) groups excluding carboxylic acids is 2. The van der Waals surface area contributed by atoms with E-state index in [-0.39, 0.29) is 16.3 Å². The quantitative estimate of drug-likeness (QED) is 0.342. The number of nitrogens with zero attached hydrogens (tertiary/aromatic N) is 2. The average Bonchev–Trinajstić information content (AvgIpc) is 2.61. The molecule has 28 heavy (non-hydrogen) atoms. The van der Waals surface area contributed by atoms with Crippen LogP contribution in [0.3, 0.4) is 0 Å². The van der Waals surface area contributed by atoms with Crippen molar-refractivity contribution in [2.75, 3.05) is 5.32 Å². The lowest BCUT2D eigenvalue weighted by Crippen LogP contribution is -2.28. The van der Waals surface area contributed by atoms with Crippen molar-refractivity contribution in [2.24, 2.45) is 5.92 Å². The van der Waals surface area contributed by atoms with Crippen molar-refractivity contribution in [3.8, 4) is 6.07 Å². The van der Waals surface area contributed by atoms with Crippen LogP contribution < -0.4 is 5.32 Å². The number of halogens is 4. The van der Waals surface area contributed by atoms with Gasteiger partial charge >= 0.3 is 6.18 Å². The largest absolute Gasteiger partial charge is 0.416 e. The molecule has 0 aliphatic rings. The highest BCUT2D eigenvalue weighted by molar-refractivity contribution is 6.33. The fourth-order valence-corrected chi connectivity index (χ4v) is 2.42. The van der Waals surface area contributed by atoms with Crippen molar-refractivity contribution in [1.29, 1.82) is 5.26 Å². The second-order valence-electron chi connectivity index (χ2n) is 5.41. The minimum absolute atomic E-state index is 0.000990. The van der Waals surface area contributed by atoms with E-state index >= 15 is 0 Å². The van der Waals surface area contributed by atoms with Crippen LogP contribution in [0.25, 0.3) is 0 Å². The first kappa shape index (κ1) is 20.9. The van der Waals surface area contributed by atoms with E-state index in [4.69, 9.17) is 16.9 Å². The third kappa shape index (κ3) is 4.63. The van der Waals surface area contributed by atoms with Gasteiger partial charge in [-0.1, -0.05) is 23.7 Å². The van der Waals surface area contributed by atoms with Gasteiger partial charge in [-0.05, 0) is 24.3 Å². The topological polar surface area (TPSA) is 113 Å². The Hall–Kier alpha value is -3.45. The van der Waals surface area contributed by atoms with Gasteiger partial charge in [0.15, 0.2) is 11.7 Å². The summed E-state index contributed by atoms with van der Waals surface area (Å²) in [5.41, 5.74) is -1.64. The van der Waals surface area contributed by atoms with Crippen molar-refractivity contribution < 1.29 is 27.7 Å². The van der Waals surface area contributed by atoms with Crippen LogP contribution in [-0.2, 0) is 11.0 Å². The maximum Gasteiger partial charge on any atom is 0.416 e. The minimum atomic E-state index is -4.59. The molecule has 1 unspecified atom stereocenters. The van der Waals surface area contributed by atoms with Gasteiger partial charge in [0.2, 0.25) is 5.91 Å². The van der Waals surface area contributed by atoms with Crippen LogP contribution >= 0.6 is 11.6 Å². The highest BCUT2D eigenvalue weighted by Gasteiger charge is 2.32. The Morgan fingerprint density at radius 3 is 2.25 bits per heavy atom. The number of hydrogen-bond acceptors (Lipinski definition) is 5. The minimum Gasteiger partial charge on any atom is -0.324 e. The van der Waals surface area contributed by atoms with Crippen molar-refractivity contribution >= 4 is 34.7 Å². The summed E-state index contributed by atoms with van der Waals surface area (Å²) in [6, 6.07) is 7.78. The summed E-state index contributed by atoms with van der Waals surface area (Å²) in [6.07, 6.45) is -4.59. The summed E-state index contributed by atoms with van der Waals surface area (Å²) < 4.78 is 37.7. The van der Waals surface area contributed by atoms with E-state index in [1.807, 2.05) is 0 Å². The molecule has 2 aromatic rings. The Labute approximate surface area is 160 Å². The Bertz CT molecular complexity index is 985. The highest BCUT2D eigenvalue weighted by Crippen LogP contribution is 2.30. The second kappa shape index (κ2) is 8.06. The second-order valence-corrected chi connectivity index (χ2v) is 5.82. The van der Waals surface area contributed by atoms with Crippen LogP contribution in [0.1, 0.15) is 15.9 Å². The predicted octanol–water partition coefficient (Wildman–Crippen LogP) is 4.23. The molecule has 0 aliphatic heterocycles. The molecule has 0 saturated carbocycles. The first-order valence-corrected chi connectivity index (χ1v) is 7.78. The van der Waals surface area contributed by atoms with Crippen molar-refractivity contribution in [2.45, 2.75) is 6.18 Å². The van der Waals surface area contributed by atoms with E-state index in [0.717, 1.165) is 30.3 Å². The average molecular weight is 412 g/mol. The summed E-state index contributed by atoms with van der Waals surface area (Å²) >= 11 is 5.71. The lowest BCUT2D eigenvalue weighted by molar-refractivity contribution is -0.384. The molecular weight excluding hydrogens is 403 g/mol. The number of benzene rings is 2. The number of ketones is 1. The van der Waals surface area contributed by atoms with Gasteiger partial charge in [-0.25, -0.2) is 0 Å². The molecule has 2 aromatic carbocycles. The van der Waals surface area contributed by atoms with E-state index in [1.54, 1.807) is 0 Å². The number of anilines is 1. The normalized spacial score (nSPS) is 12.0. The zero-order valence-electron chi connectivity index (χ0n) is 13.7. The number of rotatable bonds is 5. The number of hydrogen-bond donors (Lipinski definition) is 1. The van der Waals surface area contributed by atoms with Gasteiger partial charge in [0, 0.05) is 17.3 Å². The van der Waals surface area contributed by atoms with E-state index in [2.05, 4.69) is 5.32 Å². The SMILES string of the molecule is N#CC(C(=O)Nc1ccc([N+](=O)[O-])c(Cl)c1)C(=O)c1ccc(C(F)(F)F)cc1. The first-order valence-electron chi connectivity index (χ1n) is 7.40. The molecule has 1 amide bonds. The van der Waals surface area contributed by atoms with E-state index < -0.39 is 40.0 Å². The Kier molecular flexibility index (Phi) is 6.00. The Morgan fingerprint density at radius 1 is 1.18 bits per heavy atom. The number of amides is 1. The molecule has 0 saturated heterocycles.